The van der Waals surface area contributed by atoms with Gasteiger partial charge in [0.25, 0.3) is 5.91 Å². The number of hydrogen-bond acceptors (Lipinski definition) is 4. The van der Waals surface area contributed by atoms with Gasteiger partial charge in [0.2, 0.25) is 5.91 Å². The summed E-state index contributed by atoms with van der Waals surface area (Å²) in [5, 5.41) is 7.91. The van der Waals surface area contributed by atoms with Crippen LogP contribution in [0.25, 0.3) is 0 Å². The first kappa shape index (κ1) is 23.9. The molecule has 0 atom stereocenters. The first-order chi connectivity index (χ1) is 14.3. The van der Waals surface area contributed by atoms with Gasteiger partial charge in [0.05, 0.1) is 11.4 Å². The number of carbonyl (C=O) groups excluding carboxylic acids is 3. The second-order valence-corrected chi connectivity index (χ2v) is 9.23. The van der Waals surface area contributed by atoms with E-state index in [0.717, 1.165) is 5.56 Å². The Morgan fingerprint density at radius 2 is 1.35 bits per heavy atom. The topological polar surface area (TPSA) is 96.5 Å². The molecule has 0 aliphatic carbocycles. The molecular formula is C24H31N3O4. The zero-order chi connectivity index (χ0) is 23.2. The lowest BCUT2D eigenvalue weighted by Gasteiger charge is -2.19. The standard InChI is InChI=1S/C24H31N3O4/c1-23(2,3)17-13-11-16(12-14-17)21(29)27-19-10-8-7-9-18(19)26-20(28)15-25-22(30)31-24(4,5)6/h7-14H,15H2,1-6H3,(H,25,30)(H,26,28)(H,27,29). The number of benzene rings is 2. The van der Waals surface area contributed by atoms with Gasteiger partial charge in [-0.15, -0.1) is 0 Å². The number of nitrogens with one attached hydrogen (secondary N) is 3. The molecule has 3 N–H and O–H groups in total. The molecule has 3 amide bonds. The minimum Gasteiger partial charge on any atom is -0.444 e. The maximum Gasteiger partial charge on any atom is 0.408 e. The molecule has 0 aromatic heterocycles. The van der Waals surface area contributed by atoms with Gasteiger partial charge in [0.1, 0.15) is 12.1 Å². The summed E-state index contributed by atoms with van der Waals surface area (Å²) in [5.41, 5.74) is 1.88. The highest BCUT2D eigenvalue weighted by Gasteiger charge is 2.18. The van der Waals surface area contributed by atoms with Crippen LogP contribution in [0.4, 0.5) is 16.2 Å². The van der Waals surface area contributed by atoms with E-state index < -0.39 is 17.6 Å². The van der Waals surface area contributed by atoms with Crippen molar-refractivity contribution in [1.29, 1.82) is 0 Å². The Bertz CT molecular complexity index is 939. The smallest absolute Gasteiger partial charge is 0.408 e. The van der Waals surface area contributed by atoms with Crippen molar-refractivity contribution in [1.82, 2.24) is 5.32 Å². The van der Waals surface area contributed by atoms with E-state index in [1.165, 1.54) is 0 Å². The lowest BCUT2D eigenvalue weighted by molar-refractivity contribution is -0.115. The lowest BCUT2D eigenvalue weighted by Crippen LogP contribution is -2.37. The average molecular weight is 426 g/mol. The molecule has 0 saturated carbocycles. The van der Waals surface area contributed by atoms with E-state index in [1.807, 2.05) is 12.1 Å². The minimum atomic E-state index is -0.678. The van der Waals surface area contributed by atoms with Gasteiger partial charge >= 0.3 is 6.09 Å². The molecule has 2 rings (SSSR count). The number of para-hydroxylation sites is 2. The van der Waals surface area contributed by atoms with Crippen LogP contribution in [0.15, 0.2) is 48.5 Å². The van der Waals surface area contributed by atoms with Gasteiger partial charge in [-0.25, -0.2) is 4.79 Å². The van der Waals surface area contributed by atoms with Gasteiger partial charge in [-0.1, -0.05) is 45.0 Å². The number of carbonyl (C=O) groups is 3. The maximum absolute atomic E-state index is 12.7. The van der Waals surface area contributed by atoms with Gasteiger partial charge in [0, 0.05) is 5.56 Å². The Kier molecular flexibility index (Phi) is 7.44. The molecule has 7 nitrogen and oxygen atoms in total. The first-order valence-electron chi connectivity index (χ1n) is 10.1. The van der Waals surface area contributed by atoms with Gasteiger partial charge < -0.3 is 20.7 Å². The molecule has 0 saturated heterocycles. The third kappa shape index (κ3) is 7.77. The van der Waals surface area contributed by atoms with Crippen LogP contribution in [0.5, 0.6) is 0 Å². The predicted octanol–water partition coefficient (Wildman–Crippen LogP) is 4.70. The zero-order valence-electron chi connectivity index (χ0n) is 19.0. The molecule has 0 aliphatic heterocycles. The fourth-order valence-corrected chi connectivity index (χ4v) is 2.68. The van der Waals surface area contributed by atoms with Crippen molar-refractivity contribution in [2.75, 3.05) is 17.2 Å². The summed E-state index contributed by atoms with van der Waals surface area (Å²) in [6, 6.07) is 14.3. The van der Waals surface area contributed by atoms with Crippen molar-refractivity contribution in [3.05, 3.63) is 59.7 Å². The van der Waals surface area contributed by atoms with Crippen molar-refractivity contribution >= 4 is 29.3 Å². The largest absolute Gasteiger partial charge is 0.444 e. The highest BCUT2D eigenvalue weighted by Crippen LogP contribution is 2.24. The van der Waals surface area contributed by atoms with Crippen LogP contribution < -0.4 is 16.0 Å². The lowest BCUT2D eigenvalue weighted by atomic mass is 9.87. The van der Waals surface area contributed by atoms with Crippen LogP contribution in [-0.4, -0.2) is 30.1 Å². The Balaban J connectivity index is 2.01. The summed E-state index contributed by atoms with van der Waals surface area (Å²) in [6.07, 6.45) is -0.678. The van der Waals surface area contributed by atoms with E-state index in [-0.39, 0.29) is 17.9 Å². The highest BCUT2D eigenvalue weighted by molar-refractivity contribution is 6.07. The molecule has 0 unspecified atom stereocenters. The molecule has 31 heavy (non-hydrogen) atoms. The van der Waals surface area contributed by atoms with Gasteiger partial charge in [-0.3, -0.25) is 9.59 Å². The Morgan fingerprint density at radius 1 is 0.806 bits per heavy atom. The summed E-state index contributed by atoms with van der Waals surface area (Å²) < 4.78 is 5.11. The van der Waals surface area contributed by atoms with E-state index in [1.54, 1.807) is 57.2 Å². The van der Waals surface area contributed by atoms with Gasteiger partial charge in [-0.2, -0.15) is 0 Å². The van der Waals surface area contributed by atoms with Crippen molar-refractivity contribution in [2.45, 2.75) is 52.6 Å². The molecule has 166 valence electrons. The van der Waals surface area contributed by atoms with Gasteiger partial charge in [-0.05, 0) is 56.0 Å². The molecule has 0 bridgehead atoms. The first-order valence-corrected chi connectivity index (χ1v) is 10.1. The number of ether oxygens (including phenoxy) is 1. The van der Waals surface area contributed by atoms with E-state index >= 15 is 0 Å². The predicted molar refractivity (Wildman–Crippen MR) is 122 cm³/mol. The normalized spacial score (nSPS) is 11.4. The Labute approximate surface area is 183 Å². The van der Waals surface area contributed by atoms with Crippen molar-refractivity contribution in [3.63, 3.8) is 0 Å². The second-order valence-electron chi connectivity index (χ2n) is 9.23. The quantitative estimate of drug-likeness (QED) is 0.647. The Morgan fingerprint density at radius 3 is 1.87 bits per heavy atom. The summed E-state index contributed by atoms with van der Waals surface area (Å²) in [7, 11) is 0. The monoisotopic (exact) mass is 425 g/mol. The number of hydrogen-bond donors (Lipinski definition) is 3. The maximum atomic E-state index is 12.7. The third-order valence-corrected chi connectivity index (χ3v) is 4.25. The number of alkyl carbamates (subject to hydrolysis) is 1. The van der Waals surface area contributed by atoms with Crippen LogP contribution in [-0.2, 0) is 14.9 Å². The van der Waals surface area contributed by atoms with E-state index in [4.69, 9.17) is 4.74 Å². The SMILES string of the molecule is CC(C)(C)OC(=O)NCC(=O)Nc1ccccc1NC(=O)c1ccc(C(C)(C)C)cc1. The Hall–Kier alpha value is -3.35. The molecule has 0 spiro atoms. The summed E-state index contributed by atoms with van der Waals surface area (Å²) in [5.74, 6) is -0.726. The molecule has 0 fully saturated rings. The molecule has 0 radical (unpaired) electrons. The minimum absolute atomic E-state index is 0.000767. The van der Waals surface area contributed by atoms with Crippen molar-refractivity contribution < 1.29 is 19.1 Å². The average Bonchev–Trinajstić information content (AvgIpc) is 2.66. The molecule has 2 aromatic rings. The van der Waals surface area contributed by atoms with Crippen LogP contribution in [0.2, 0.25) is 0 Å². The molecule has 2 aromatic carbocycles. The van der Waals surface area contributed by atoms with E-state index in [9.17, 15) is 14.4 Å². The highest BCUT2D eigenvalue weighted by atomic mass is 16.6. The summed E-state index contributed by atoms with van der Waals surface area (Å²) in [4.78, 5) is 36.6. The molecular weight excluding hydrogens is 394 g/mol. The molecule has 7 heteroatoms. The fraction of sp³-hybridized carbons (Fsp3) is 0.375. The zero-order valence-corrected chi connectivity index (χ0v) is 19.0. The fourth-order valence-electron chi connectivity index (χ4n) is 2.68. The number of amides is 3. The summed E-state index contributed by atoms with van der Waals surface area (Å²) >= 11 is 0. The third-order valence-electron chi connectivity index (χ3n) is 4.25. The number of anilines is 2. The van der Waals surface area contributed by atoms with Gasteiger partial charge in [0.15, 0.2) is 0 Å². The van der Waals surface area contributed by atoms with E-state index in [2.05, 4.69) is 36.7 Å². The molecule has 0 aliphatic rings. The van der Waals surface area contributed by atoms with Crippen molar-refractivity contribution in [2.24, 2.45) is 0 Å². The van der Waals surface area contributed by atoms with Crippen LogP contribution in [0.1, 0.15) is 57.5 Å². The second kappa shape index (κ2) is 9.64. The van der Waals surface area contributed by atoms with Crippen LogP contribution in [0, 0.1) is 0 Å². The van der Waals surface area contributed by atoms with Crippen LogP contribution in [0.3, 0.4) is 0 Å². The van der Waals surface area contributed by atoms with Crippen molar-refractivity contribution in [3.8, 4) is 0 Å². The number of rotatable bonds is 5. The van der Waals surface area contributed by atoms with Crippen LogP contribution >= 0.6 is 0 Å². The summed E-state index contributed by atoms with van der Waals surface area (Å²) in [6.45, 7) is 11.3. The molecule has 0 heterocycles. The van der Waals surface area contributed by atoms with E-state index in [0.29, 0.717) is 16.9 Å².